The number of benzene rings is 2. The molecule has 1 aliphatic heterocycles. The van der Waals surface area contributed by atoms with Crippen LogP contribution in [0.2, 0.25) is 0 Å². The summed E-state index contributed by atoms with van der Waals surface area (Å²) < 4.78 is 3.01. The lowest BCUT2D eigenvalue weighted by Gasteiger charge is -2.14. The van der Waals surface area contributed by atoms with E-state index >= 15 is 0 Å². The average Bonchev–Trinajstić information content (AvgIpc) is 3.54. The molecule has 0 nitrogen and oxygen atoms in total. The molecule has 3 heteroatoms. The number of rotatable bonds is 2. The molecule has 4 aromatic rings. The van der Waals surface area contributed by atoms with Crippen LogP contribution in [0.15, 0.2) is 40.6 Å². The Labute approximate surface area is 219 Å². The summed E-state index contributed by atoms with van der Waals surface area (Å²) in [5.74, 6) is 1.20. The van der Waals surface area contributed by atoms with E-state index < -0.39 is 0 Å². The molecule has 0 atom stereocenters. The smallest absolute Gasteiger partial charge is 0.0455 e. The van der Waals surface area contributed by atoms with Crippen LogP contribution in [0.3, 0.4) is 0 Å². The van der Waals surface area contributed by atoms with E-state index in [1.165, 1.54) is 92.9 Å². The van der Waals surface area contributed by atoms with Gasteiger partial charge in [-0.3, -0.25) is 0 Å². The van der Waals surface area contributed by atoms with Gasteiger partial charge in [-0.15, -0.1) is 34.4 Å². The summed E-state index contributed by atoms with van der Waals surface area (Å²) >= 11 is 6.05. The van der Waals surface area contributed by atoms with Gasteiger partial charge in [0, 0.05) is 52.4 Å². The lowest BCUT2D eigenvalue weighted by Crippen LogP contribution is -2.07. The lowest BCUT2D eigenvalue weighted by molar-refractivity contribution is 1.29. The van der Waals surface area contributed by atoms with E-state index in [0.717, 1.165) is 0 Å². The van der Waals surface area contributed by atoms with E-state index in [0.29, 0.717) is 0 Å². The normalized spacial score (nSPS) is 15.7. The quantitative estimate of drug-likeness (QED) is 0.233. The molecular weight excluding hydrogens is 481 g/mol. The van der Waals surface area contributed by atoms with Crippen LogP contribution in [0.5, 0.6) is 0 Å². The van der Waals surface area contributed by atoms with Crippen LogP contribution in [0.4, 0.5) is 0 Å². The molecule has 0 spiro atoms. The second-order valence-corrected chi connectivity index (χ2v) is 13.4. The fraction of sp³-hybridized carbons (Fsp3) is 0.250. The Morgan fingerprint density at radius 1 is 0.657 bits per heavy atom. The van der Waals surface area contributed by atoms with Crippen LogP contribution in [0, 0.1) is 41.5 Å². The first-order valence-electron chi connectivity index (χ1n) is 12.4. The number of fused-ring (bicyclic) bond motifs is 6. The van der Waals surface area contributed by atoms with Crippen molar-refractivity contribution < 1.29 is 0 Å². The maximum Gasteiger partial charge on any atom is 0.0455 e. The van der Waals surface area contributed by atoms with Crippen molar-refractivity contribution in [1.82, 2.24) is 0 Å². The van der Waals surface area contributed by atoms with Crippen molar-refractivity contribution in [3.63, 3.8) is 0 Å². The van der Waals surface area contributed by atoms with Crippen molar-refractivity contribution in [3.8, 4) is 11.1 Å². The first-order valence-corrected chi connectivity index (χ1v) is 15.1. The Morgan fingerprint density at radius 3 is 1.86 bits per heavy atom. The molecule has 2 aromatic heterocycles. The van der Waals surface area contributed by atoms with Gasteiger partial charge in [0.1, 0.15) is 0 Å². The molecule has 0 unspecified atom stereocenters. The van der Waals surface area contributed by atoms with Gasteiger partial charge in [-0.1, -0.05) is 35.4 Å². The predicted molar refractivity (Wildman–Crippen MR) is 156 cm³/mol. The van der Waals surface area contributed by atoms with Gasteiger partial charge in [-0.2, -0.15) is 0 Å². The summed E-state index contributed by atoms with van der Waals surface area (Å²) in [5, 5.41) is 2.29. The molecular formula is C32H28S3. The van der Waals surface area contributed by atoms with E-state index in [1.54, 1.807) is 16.0 Å². The summed E-state index contributed by atoms with van der Waals surface area (Å²) in [7, 11) is 0. The molecule has 174 valence electrons. The Hall–Kier alpha value is -2.33. The number of thioether (sulfide) groups is 1. The minimum absolute atomic E-state index is 1.18. The van der Waals surface area contributed by atoms with Crippen molar-refractivity contribution in [2.45, 2.75) is 48.0 Å². The van der Waals surface area contributed by atoms with E-state index in [9.17, 15) is 0 Å². The van der Waals surface area contributed by atoms with E-state index in [-0.39, 0.29) is 0 Å². The number of hydrogen-bond acceptors (Lipinski definition) is 3. The zero-order chi connectivity index (χ0) is 24.2. The van der Waals surface area contributed by atoms with Gasteiger partial charge < -0.3 is 0 Å². The lowest BCUT2D eigenvalue weighted by atomic mass is 9.94. The van der Waals surface area contributed by atoms with E-state index in [4.69, 9.17) is 0 Å². The van der Waals surface area contributed by atoms with Gasteiger partial charge >= 0.3 is 0 Å². The van der Waals surface area contributed by atoms with Gasteiger partial charge in [0.25, 0.3) is 0 Å². The van der Waals surface area contributed by atoms with Crippen molar-refractivity contribution in [3.05, 3.63) is 105 Å². The van der Waals surface area contributed by atoms with Crippen LogP contribution in [0.1, 0.15) is 61.4 Å². The first kappa shape index (κ1) is 21.9. The molecule has 0 fully saturated rings. The topological polar surface area (TPSA) is 0 Å². The highest BCUT2D eigenvalue weighted by atomic mass is 32.2. The van der Waals surface area contributed by atoms with Gasteiger partial charge in [0.2, 0.25) is 0 Å². The third-order valence-electron chi connectivity index (χ3n) is 7.78. The molecule has 0 saturated heterocycles. The first-order chi connectivity index (χ1) is 16.8. The Kier molecular flexibility index (Phi) is 4.75. The molecule has 3 aliphatic rings. The van der Waals surface area contributed by atoms with Crippen LogP contribution in [0.25, 0.3) is 27.8 Å². The molecule has 3 heterocycles. The Balaban J connectivity index is 1.65. The molecule has 0 saturated carbocycles. The minimum Gasteiger partial charge on any atom is -0.143 e. The van der Waals surface area contributed by atoms with Crippen LogP contribution < -0.4 is 9.06 Å². The second kappa shape index (κ2) is 7.59. The molecule has 2 aliphatic carbocycles. The van der Waals surface area contributed by atoms with Crippen LogP contribution in [-0.4, -0.2) is 5.75 Å². The summed E-state index contributed by atoms with van der Waals surface area (Å²) in [4.78, 5) is 3.02. The fourth-order valence-corrected chi connectivity index (χ4v) is 10.5. The number of aryl methyl sites for hydroxylation is 6. The van der Waals surface area contributed by atoms with Gasteiger partial charge in [0.15, 0.2) is 0 Å². The monoisotopic (exact) mass is 508 g/mol. The highest BCUT2D eigenvalue weighted by Crippen LogP contribution is 2.53. The highest BCUT2D eigenvalue weighted by molar-refractivity contribution is 8.04. The third kappa shape index (κ3) is 2.92. The molecule has 35 heavy (non-hydrogen) atoms. The summed E-state index contributed by atoms with van der Waals surface area (Å²) in [5.41, 5.74) is 20.3. The number of allylic oxidation sites excluding steroid dienone is 2. The summed E-state index contributed by atoms with van der Waals surface area (Å²) in [6, 6.07) is 11.8. The zero-order valence-electron chi connectivity index (χ0n) is 21.1. The minimum atomic E-state index is 1.18. The summed E-state index contributed by atoms with van der Waals surface area (Å²) in [6.07, 6.45) is 1.18. The molecule has 0 amide bonds. The maximum absolute atomic E-state index is 2.38. The predicted octanol–water partition coefficient (Wildman–Crippen LogP) is 7.95. The van der Waals surface area contributed by atoms with Crippen molar-refractivity contribution in [1.29, 1.82) is 0 Å². The largest absolute Gasteiger partial charge is 0.143 e. The van der Waals surface area contributed by atoms with Crippen LogP contribution >= 0.6 is 34.4 Å². The molecule has 0 radical (unpaired) electrons. The summed E-state index contributed by atoms with van der Waals surface area (Å²) in [6.45, 7) is 13.6. The van der Waals surface area contributed by atoms with Crippen LogP contribution in [-0.2, 0) is 0 Å². The average molecular weight is 509 g/mol. The van der Waals surface area contributed by atoms with Crippen molar-refractivity contribution >= 4 is 51.2 Å². The van der Waals surface area contributed by atoms with Gasteiger partial charge in [-0.25, -0.2) is 0 Å². The van der Waals surface area contributed by atoms with Gasteiger partial charge in [0.05, 0.1) is 0 Å². The highest BCUT2D eigenvalue weighted by Gasteiger charge is 2.37. The van der Waals surface area contributed by atoms with Crippen molar-refractivity contribution in [2.75, 3.05) is 5.75 Å². The van der Waals surface area contributed by atoms with E-state index in [2.05, 4.69) is 100 Å². The molecule has 0 N–H and O–H groups in total. The Morgan fingerprint density at radius 2 is 1.23 bits per heavy atom. The number of hydrogen-bond donors (Lipinski definition) is 0. The fourth-order valence-electron chi connectivity index (χ4n) is 6.75. The standard InChI is InChI=1S/C32H28S3/c1-15-11-17(3)23(18(4)12-15)27-29-21(7-9-33-29)25-26-22-8-10-34-30(22)28(32(26)35-31(25)27)24-19(5)13-16(2)14-20(24)6/h7,9,11-14H,8,10H2,1-6H3. The van der Waals surface area contributed by atoms with E-state index in [1.807, 2.05) is 11.3 Å². The molecule has 7 rings (SSSR count). The second-order valence-electron chi connectivity index (χ2n) is 10.4. The SMILES string of the molecule is Cc1cc(C)c(C2=c3sc4c(c3C3=C2SCC3)-c2ccsc2C=4c2c(C)cc(C)cc2C)c(C)c1. The Bertz CT molecular complexity index is 1720. The maximum atomic E-state index is 2.38. The third-order valence-corrected chi connectivity index (χ3v) is 11.1. The zero-order valence-corrected chi connectivity index (χ0v) is 23.6. The number of thiophene rings is 2. The molecule has 2 aromatic carbocycles. The molecule has 0 bridgehead atoms. The van der Waals surface area contributed by atoms with Crippen molar-refractivity contribution in [2.24, 2.45) is 0 Å². The van der Waals surface area contributed by atoms with Gasteiger partial charge in [-0.05, 0) is 98.4 Å².